The van der Waals surface area contributed by atoms with E-state index in [9.17, 15) is 8.42 Å². The Kier molecular flexibility index (Phi) is 5.17. The van der Waals surface area contributed by atoms with Gasteiger partial charge in [-0.15, -0.1) is 0 Å². The average molecular weight is 331 g/mol. The second-order valence-corrected chi connectivity index (χ2v) is 8.28. The van der Waals surface area contributed by atoms with Crippen LogP contribution in [0.3, 0.4) is 0 Å². The number of benzene rings is 1. The number of nitrogens with two attached hydrogens (primary N) is 1. The fraction of sp³-hybridized carbons (Fsp3) is 0.600. The first-order valence-electron chi connectivity index (χ1n) is 7.35. The minimum Gasteiger partial charge on any atom is -0.397 e. The van der Waals surface area contributed by atoms with E-state index in [2.05, 4.69) is 11.6 Å². The van der Waals surface area contributed by atoms with Crippen molar-refractivity contribution in [2.75, 3.05) is 12.3 Å². The van der Waals surface area contributed by atoms with Crippen LogP contribution in [0.25, 0.3) is 0 Å². The quantitative estimate of drug-likeness (QED) is 0.832. The lowest BCUT2D eigenvalue weighted by atomic mass is 9.83. The number of anilines is 1. The molecule has 21 heavy (non-hydrogen) atoms. The van der Waals surface area contributed by atoms with Gasteiger partial charge in [0.25, 0.3) is 0 Å². The monoisotopic (exact) mass is 330 g/mol. The molecule has 1 aromatic rings. The average Bonchev–Trinajstić information content (AvgIpc) is 2.42. The molecular weight excluding hydrogens is 308 g/mol. The summed E-state index contributed by atoms with van der Waals surface area (Å²) in [4.78, 5) is 0.186. The summed E-state index contributed by atoms with van der Waals surface area (Å²) in [5.41, 5.74) is 6.72. The summed E-state index contributed by atoms with van der Waals surface area (Å²) in [7, 11) is -3.53. The Labute approximate surface area is 132 Å². The molecule has 2 atom stereocenters. The highest BCUT2D eigenvalue weighted by Gasteiger charge is 2.22. The number of nitrogens with one attached hydrogen (secondary N) is 1. The SMILES string of the molecule is Cc1cc(S(=O)(=O)NCC2CCCC(C)C2)cc(N)c1Cl. The van der Waals surface area contributed by atoms with Gasteiger partial charge in [-0.2, -0.15) is 0 Å². The fourth-order valence-electron chi connectivity index (χ4n) is 2.97. The van der Waals surface area contributed by atoms with E-state index in [1.54, 1.807) is 13.0 Å². The van der Waals surface area contributed by atoms with Crippen LogP contribution in [0.1, 0.15) is 38.2 Å². The molecule has 0 radical (unpaired) electrons. The maximum Gasteiger partial charge on any atom is 0.240 e. The Bertz CT molecular complexity index is 593. The van der Waals surface area contributed by atoms with Crippen molar-refractivity contribution in [3.05, 3.63) is 22.7 Å². The molecule has 1 fully saturated rings. The zero-order valence-corrected chi connectivity index (χ0v) is 14.1. The normalized spacial score (nSPS) is 23.2. The van der Waals surface area contributed by atoms with Crippen molar-refractivity contribution in [3.63, 3.8) is 0 Å². The molecule has 3 N–H and O–H groups in total. The number of rotatable bonds is 4. The molecule has 1 aromatic carbocycles. The standard InChI is InChI=1S/C15H23ClN2O2S/c1-10-4-3-5-12(6-10)9-18-21(19,20)13-7-11(2)15(16)14(17)8-13/h7-8,10,12,18H,3-6,9,17H2,1-2H3. The van der Waals surface area contributed by atoms with E-state index < -0.39 is 10.0 Å². The fourth-order valence-corrected chi connectivity index (χ4v) is 4.32. The predicted molar refractivity (Wildman–Crippen MR) is 86.9 cm³/mol. The van der Waals surface area contributed by atoms with Gasteiger partial charge in [0.2, 0.25) is 10.0 Å². The molecule has 118 valence electrons. The van der Waals surface area contributed by atoms with E-state index in [-0.39, 0.29) is 4.90 Å². The molecular formula is C15H23ClN2O2S. The molecule has 0 aliphatic heterocycles. The van der Waals surface area contributed by atoms with Gasteiger partial charge in [0, 0.05) is 6.54 Å². The summed E-state index contributed by atoms with van der Waals surface area (Å²) in [6, 6.07) is 2.98. The van der Waals surface area contributed by atoms with Gasteiger partial charge < -0.3 is 5.73 Å². The lowest BCUT2D eigenvalue weighted by Gasteiger charge is -2.26. The van der Waals surface area contributed by atoms with Gasteiger partial charge in [-0.25, -0.2) is 13.1 Å². The van der Waals surface area contributed by atoms with Crippen LogP contribution >= 0.6 is 11.6 Å². The van der Waals surface area contributed by atoms with Crippen LogP contribution in [0.15, 0.2) is 17.0 Å². The molecule has 0 amide bonds. The molecule has 0 bridgehead atoms. The van der Waals surface area contributed by atoms with Crippen LogP contribution < -0.4 is 10.5 Å². The third-order valence-electron chi connectivity index (χ3n) is 4.17. The van der Waals surface area contributed by atoms with Gasteiger partial charge in [-0.3, -0.25) is 0 Å². The number of nitrogen functional groups attached to an aromatic ring is 1. The highest BCUT2D eigenvalue weighted by atomic mass is 35.5. The summed E-state index contributed by atoms with van der Waals surface area (Å²) in [6.45, 7) is 4.47. The first-order chi connectivity index (χ1) is 9.79. The van der Waals surface area contributed by atoms with Gasteiger partial charge in [-0.1, -0.05) is 31.4 Å². The van der Waals surface area contributed by atoms with Gasteiger partial charge in [-0.05, 0) is 49.3 Å². The van der Waals surface area contributed by atoms with Crippen LogP contribution in [0.4, 0.5) is 5.69 Å². The molecule has 0 spiro atoms. The zero-order valence-electron chi connectivity index (χ0n) is 12.5. The summed E-state index contributed by atoms with van der Waals surface area (Å²) in [5, 5.41) is 0.412. The number of sulfonamides is 1. The van der Waals surface area contributed by atoms with E-state index in [1.165, 1.54) is 18.9 Å². The van der Waals surface area contributed by atoms with Gasteiger partial charge in [0.1, 0.15) is 0 Å². The van der Waals surface area contributed by atoms with Gasteiger partial charge >= 0.3 is 0 Å². The molecule has 6 heteroatoms. The molecule has 0 heterocycles. The summed E-state index contributed by atoms with van der Waals surface area (Å²) >= 11 is 5.97. The lowest BCUT2D eigenvalue weighted by Crippen LogP contribution is -2.31. The van der Waals surface area contributed by atoms with Crippen molar-refractivity contribution in [2.45, 2.75) is 44.4 Å². The Balaban J connectivity index is 2.08. The Morgan fingerprint density at radius 1 is 1.38 bits per heavy atom. The second-order valence-electron chi connectivity index (χ2n) is 6.13. The maximum absolute atomic E-state index is 12.4. The molecule has 0 aromatic heterocycles. The summed E-state index contributed by atoms with van der Waals surface area (Å²) in [5.74, 6) is 1.11. The predicted octanol–water partition coefficient (Wildman–Crippen LogP) is 3.34. The topological polar surface area (TPSA) is 72.2 Å². The van der Waals surface area contributed by atoms with Crippen molar-refractivity contribution in [1.29, 1.82) is 0 Å². The highest BCUT2D eigenvalue weighted by Crippen LogP contribution is 2.29. The number of hydrogen-bond donors (Lipinski definition) is 2. The zero-order chi connectivity index (χ0) is 15.6. The Morgan fingerprint density at radius 3 is 2.71 bits per heavy atom. The van der Waals surface area contributed by atoms with Crippen molar-refractivity contribution < 1.29 is 8.42 Å². The Morgan fingerprint density at radius 2 is 2.10 bits per heavy atom. The first-order valence-corrected chi connectivity index (χ1v) is 9.21. The third kappa shape index (κ3) is 4.11. The van der Waals surface area contributed by atoms with Gasteiger partial charge in [0.15, 0.2) is 0 Å². The second kappa shape index (κ2) is 6.55. The van der Waals surface area contributed by atoms with Gasteiger partial charge in [0.05, 0.1) is 15.6 Å². The summed E-state index contributed by atoms with van der Waals surface area (Å²) < 4.78 is 27.4. The number of halogens is 1. The lowest BCUT2D eigenvalue weighted by molar-refractivity contribution is 0.283. The number of aryl methyl sites for hydroxylation is 1. The van der Waals surface area contributed by atoms with Crippen molar-refractivity contribution in [2.24, 2.45) is 11.8 Å². The molecule has 0 saturated heterocycles. The molecule has 1 saturated carbocycles. The van der Waals surface area contributed by atoms with Crippen molar-refractivity contribution >= 4 is 27.3 Å². The first kappa shape index (κ1) is 16.6. The van der Waals surface area contributed by atoms with Crippen LogP contribution in [0.2, 0.25) is 5.02 Å². The molecule has 2 rings (SSSR count). The van der Waals surface area contributed by atoms with E-state index in [4.69, 9.17) is 17.3 Å². The summed E-state index contributed by atoms with van der Waals surface area (Å²) in [6.07, 6.45) is 4.61. The maximum atomic E-state index is 12.4. The molecule has 1 aliphatic carbocycles. The van der Waals surface area contributed by atoms with Crippen LogP contribution in [-0.4, -0.2) is 15.0 Å². The molecule has 2 unspecified atom stereocenters. The highest BCUT2D eigenvalue weighted by molar-refractivity contribution is 7.89. The van der Waals surface area contributed by atoms with E-state index in [1.807, 2.05) is 0 Å². The number of hydrogen-bond acceptors (Lipinski definition) is 3. The third-order valence-corrected chi connectivity index (χ3v) is 6.09. The van der Waals surface area contributed by atoms with E-state index >= 15 is 0 Å². The van der Waals surface area contributed by atoms with Crippen LogP contribution in [-0.2, 0) is 10.0 Å². The smallest absolute Gasteiger partial charge is 0.240 e. The van der Waals surface area contributed by atoms with E-state index in [0.29, 0.717) is 34.7 Å². The molecule has 4 nitrogen and oxygen atoms in total. The van der Waals surface area contributed by atoms with Crippen LogP contribution in [0, 0.1) is 18.8 Å². The van der Waals surface area contributed by atoms with Crippen molar-refractivity contribution in [3.8, 4) is 0 Å². The minimum atomic E-state index is -3.53. The Hall–Kier alpha value is -0.780. The van der Waals surface area contributed by atoms with E-state index in [0.717, 1.165) is 12.8 Å². The van der Waals surface area contributed by atoms with Crippen LogP contribution in [0.5, 0.6) is 0 Å². The van der Waals surface area contributed by atoms with Crippen molar-refractivity contribution in [1.82, 2.24) is 4.72 Å². The largest absolute Gasteiger partial charge is 0.397 e. The molecule has 1 aliphatic rings. The minimum absolute atomic E-state index is 0.186.